The van der Waals surface area contributed by atoms with Crippen LogP contribution in [-0.2, 0) is 11.3 Å². The highest BCUT2D eigenvalue weighted by Gasteiger charge is 2.38. The van der Waals surface area contributed by atoms with Crippen molar-refractivity contribution < 1.29 is 9.18 Å². The van der Waals surface area contributed by atoms with Crippen molar-refractivity contribution in [3.05, 3.63) is 65.5 Å². The maximum absolute atomic E-state index is 12.9. The smallest absolute Gasteiger partial charge is 0.247 e. The van der Waals surface area contributed by atoms with Gasteiger partial charge in [-0.2, -0.15) is 0 Å². The first kappa shape index (κ1) is 16.7. The first-order chi connectivity index (χ1) is 11.7. The molecule has 1 aromatic rings. The van der Waals surface area contributed by atoms with Crippen molar-refractivity contribution in [2.24, 2.45) is 11.8 Å². The number of nitrogens with one attached hydrogen (secondary N) is 2. The van der Waals surface area contributed by atoms with Gasteiger partial charge in [0.15, 0.2) is 0 Å². The Bertz CT molecular complexity index is 703. The number of hydrogen-bond donors (Lipinski definition) is 2. The molecule has 1 saturated heterocycles. The molecule has 1 fully saturated rings. The van der Waals surface area contributed by atoms with Crippen molar-refractivity contribution in [2.75, 3.05) is 13.6 Å². The molecule has 1 aliphatic carbocycles. The fraction of sp³-hybridized carbons (Fsp3) is 0.350. The van der Waals surface area contributed by atoms with Crippen LogP contribution >= 0.6 is 0 Å². The lowest BCUT2D eigenvalue weighted by atomic mass is 9.84. The minimum absolute atomic E-state index is 0.0339. The fourth-order valence-corrected chi connectivity index (χ4v) is 3.88. The number of fused-ring (bicyclic) bond motifs is 1. The Morgan fingerprint density at radius 2 is 2.12 bits per heavy atom. The quantitative estimate of drug-likeness (QED) is 0.833. The van der Waals surface area contributed by atoms with Crippen LogP contribution in [0.2, 0.25) is 0 Å². The first-order valence-corrected chi connectivity index (χ1v) is 8.35. The Kier molecular flexibility index (Phi) is 4.95. The predicted molar refractivity (Wildman–Crippen MR) is 94.7 cm³/mol. The summed E-state index contributed by atoms with van der Waals surface area (Å²) >= 11 is 0. The second kappa shape index (κ2) is 7.14. The summed E-state index contributed by atoms with van der Waals surface area (Å²) in [5.74, 6) is -0.238. The van der Waals surface area contributed by atoms with E-state index in [2.05, 4.69) is 41.5 Å². The van der Waals surface area contributed by atoms with Gasteiger partial charge < -0.3 is 10.6 Å². The molecule has 1 aromatic carbocycles. The summed E-state index contributed by atoms with van der Waals surface area (Å²) < 4.78 is 12.9. The zero-order valence-corrected chi connectivity index (χ0v) is 13.9. The van der Waals surface area contributed by atoms with Gasteiger partial charge >= 0.3 is 0 Å². The third-order valence-electron chi connectivity index (χ3n) is 4.98. The lowest BCUT2D eigenvalue weighted by molar-refractivity contribution is -0.117. The average Bonchev–Trinajstić information content (AvgIpc) is 2.86. The summed E-state index contributed by atoms with van der Waals surface area (Å²) in [4.78, 5) is 12.1. The molecule has 0 radical (unpaired) electrons. The molecule has 3 rings (SSSR count). The number of halogens is 1. The lowest BCUT2D eigenvalue weighted by Crippen LogP contribution is -2.26. The monoisotopic (exact) mass is 326 g/mol. The zero-order chi connectivity index (χ0) is 17.1. The topological polar surface area (TPSA) is 41.1 Å². The van der Waals surface area contributed by atoms with Crippen LogP contribution in [0.4, 0.5) is 4.39 Å². The van der Waals surface area contributed by atoms with Gasteiger partial charge in [0.05, 0.1) is 6.33 Å². The molecule has 2 unspecified atom stereocenters. The Hall–Kier alpha value is -2.20. The van der Waals surface area contributed by atoms with E-state index < -0.39 is 0 Å². The van der Waals surface area contributed by atoms with Crippen molar-refractivity contribution in [2.45, 2.75) is 19.4 Å². The van der Waals surface area contributed by atoms with Gasteiger partial charge in [-0.1, -0.05) is 42.5 Å². The largest absolute Gasteiger partial charge is 0.352 e. The van der Waals surface area contributed by atoms with Crippen LogP contribution in [0.3, 0.4) is 0 Å². The van der Waals surface area contributed by atoms with E-state index in [-0.39, 0.29) is 17.7 Å². The summed E-state index contributed by atoms with van der Waals surface area (Å²) in [6.07, 6.45) is 3.70. The van der Waals surface area contributed by atoms with Crippen LogP contribution in [0.15, 0.2) is 54.4 Å². The molecule has 126 valence electrons. The Morgan fingerprint density at radius 3 is 2.79 bits per heavy atom. The number of benzene rings is 1. The highest BCUT2D eigenvalue weighted by Crippen LogP contribution is 2.48. The summed E-state index contributed by atoms with van der Waals surface area (Å²) in [5, 5.41) is 6.03. The Balaban J connectivity index is 2.00. The molecular weight excluding hydrogens is 303 g/mol. The second-order valence-electron chi connectivity index (χ2n) is 6.43. The van der Waals surface area contributed by atoms with Gasteiger partial charge in [0.25, 0.3) is 0 Å². The molecular formula is C20H23FN2O. The molecule has 2 aliphatic rings. The summed E-state index contributed by atoms with van der Waals surface area (Å²) in [6, 6.07) is 8.47. The Morgan fingerprint density at radius 1 is 1.38 bits per heavy atom. The van der Waals surface area contributed by atoms with Crippen LogP contribution in [0.1, 0.15) is 24.0 Å². The van der Waals surface area contributed by atoms with Gasteiger partial charge in [0, 0.05) is 24.6 Å². The second-order valence-corrected chi connectivity index (χ2v) is 6.43. The van der Waals surface area contributed by atoms with Gasteiger partial charge in [-0.3, -0.25) is 4.79 Å². The maximum Gasteiger partial charge on any atom is 0.247 e. The molecule has 0 saturated carbocycles. The summed E-state index contributed by atoms with van der Waals surface area (Å²) in [5.41, 5.74) is 5.39. The molecule has 1 heterocycles. The van der Waals surface area contributed by atoms with E-state index in [0.29, 0.717) is 18.4 Å². The van der Waals surface area contributed by atoms with Gasteiger partial charge in [0.1, 0.15) is 0 Å². The normalized spacial score (nSPS) is 24.2. The van der Waals surface area contributed by atoms with Gasteiger partial charge in [0.2, 0.25) is 5.91 Å². The average molecular weight is 326 g/mol. The van der Waals surface area contributed by atoms with Gasteiger partial charge in [-0.25, -0.2) is 4.39 Å². The van der Waals surface area contributed by atoms with E-state index in [1.165, 1.54) is 16.7 Å². The van der Waals surface area contributed by atoms with E-state index >= 15 is 0 Å². The lowest BCUT2D eigenvalue weighted by Gasteiger charge is -2.18. The SMILES string of the molecule is C=C1C(=O)NCCC2=C(c3ccc(CNC)cc3)CC(/C=C/F)C12. The molecule has 2 N–H and O–H groups in total. The molecule has 24 heavy (non-hydrogen) atoms. The molecule has 3 nitrogen and oxygen atoms in total. The number of carbonyl (C=O) groups excluding carboxylic acids is 1. The molecule has 1 amide bonds. The number of amides is 1. The number of carbonyl (C=O) groups is 1. The minimum atomic E-state index is -0.113. The zero-order valence-electron chi connectivity index (χ0n) is 13.9. The van der Waals surface area contributed by atoms with E-state index in [1.54, 1.807) is 6.08 Å². The van der Waals surface area contributed by atoms with Crippen LogP contribution in [0, 0.1) is 11.8 Å². The van der Waals surface area contributed by atoms with Crippen molar-refractivity contribution in [1.29, 1.82) is 0 Å². The van der Waals surface area contributed by atoms with E-state index in [9.17, 15) is 9.18 Å². The fourth-order valence-electron chi connectivity index (χ4n) is 3.88. The minimum Gasteiger partial charge on any atom is -0.352 e. The van der Waals surface area contributed by atoms with E-state index in [1.807, 2.05) is 7.05 Å². The van der Waals surface area contributed by atoms with Crippen molar-refractivity contribution in [3.63, 3.8) is 0 Å². The van der Waals surface area contributed by atoms with Crippen LogP contribution in [0.25, 0.3) is 5.57 Å². The van der Waals surface area contributed by atoms with Crippen LogP contribution in [0.5, 0.6) is 0 Å². The maximum atomic E-state index is 12.9. The standard InChI is InChI=1S/C20H23FN2O/c1-13-19-16(7-9-21)11-18(17(19)8-10-23-20(13)24)15-5-3-14(4-6-15)12-22-2/h3-7,9,16,19,22H,1,8,10-12H2,2H3,(H,23,24)/b9-7+. The van der Waals surface area contributed by atoms with Gasteiger partial charge in [-0.05, 0) is 42.5 Å². The first-order valence-electron chi connectivity index (χ1n) is 8.35. The van der Waals surface area contributed by atoms with Crippen molar-refractivity contribution in [3.8, 4) is 0 Å². The summed E-state index contributed by atoms with van der Waals surface area (Å²) in [7, 11) is 1.93. The molecule has 1 aliphatic heterocycles. The highest BCUT2D eigenvalue weighted by atomic mass is 19.1. The third kappa shape index (κ3) is 3.06. The predicted octanol–water partition coefficient (Wildman–Crippen LogP) is 3.36. The van der Waals surface area contributed by atoms with Crippen LogP contribution in [-0.4, -0.2) is 19.5 Å². The number of allylic oxidation sites excluding steroid dienone is 2. The van der Waals surface area contributed by atoms with E-state index in [0.717, 1.165) is 24.9 Å². The van der Waals surface area contributed by atoms with E-state index in [4.69, 9.17) is 0 Å². The molecule has 0 spiro atoms. The van der Waals surface area contributed by atoms with Gasteiger partial charge in [-0.15, -0.1) is 0 Å². The number of rotatable bonds is 4. The molecule has 0 aromatic heterocycles. The highest BCUT2D eigenvalue weighted by molar-refractivity contribution is 5.95. The van der Waals surface area contributed by atoms with Crippen molar-refractivity contribution in [1.82, 2.24) is 10.6 Å². The summed E-state index contributed by atoms with van der Waals surface area (Å²) in [6.45, 7) is 5.42. The molecule has 0 bridgehead atoms. The van der Waals surface area contributed by atoms with Crippen LogP contribution < -0.4 is 10.6 Å². The van der Waals surface area contributed by atoms with Crippen molar-refractivity contribution >= 4 is 11.5 Å². The molecule has 4 heteroatoms. The Labute approximate surface area is 142 Å². The molecule has 2 atom stereocenters. The third-order valence-corrected chi connectivity index (χ3v) is 4.98. The number of hydrogen-bond acceptors (Lipinski definition) is 2.